The van der Waals surface area contributed by atoms with Crippen molar-refractivity contribution in [1.29, 1.82) is 0 Å². The molecule has 1 aromatic carbocycles. The van der Waals surface area contributed by atoms with Gasteiger partial charge < -0.3 is 24.7 Å². The van der Waals surface area contributed by atoms with Crippen LogP contribution in [0.25, 0.3) is 0 Å². The van der Waals surface area contributed by atoms with E-state index in [2.05, 4.69) is 20.8 Å². The lowest BCUT2D eigenvalue weighted by molar-refractivity contribution is 0.232. The van der Waals surface area contributed by atoms with E-state index in [1.54, 1.807) is 18.0 Å². The molecule has 0 fully saturated rings. The molecule has 2 N–H and O–H groups in total. The standard InChI is InChI=1S/C15H21N5O3/c1-11(14-19-17-10-20(14)2)18-15(21)16-8-9-23-13-7-5-4-6-12(13)22-3/h4-7,10-11H,8-9H2,1-3H3,(H2,16,18,21)/t11-/m1/s1. The Morgan fingerprint density at radius 1 is 1.35 bits per heavy atom. The maximum Gasteiger partial charge on any atom is 0.315 e. The van der Waals surface area contributed by atoms with Crippen molar-refractivity contribution in [2.45, 2.75) is 13.0 Å². The van der Waals surface area contributed by atoms with Crippen molar-refractivity contribution in [2.24, 2.45) is 7.05 Å². The molecule has 1 atom stereocenters. The van der Waals surface area contributed by atoms with E-state index in [4.69, 9.17) is 9.47 Å². The van der Waals surface area contributed by atoms with Gasteiger partial charge in [0.1, 0.15) is 12.9 Å². The number of rotatable bonds is 7. The minimum Gasteiger partial charge on any atom is -0.493 e. The molecule has 2 rings (SSSR count). The van der Waals surface area contributed by atoms with Crippen LogP contribution in [-0.4, -0.2) is 41.1 Å². The number of para-hydroxylation sites is 2. The molecule has 23 heavy (non-hydrogen) atoms. The number of methoxy groups -OCH3 is 1. The summed E-state index contributed by atoms with van der Waals surface area (Å²) < 4.78 is 12.5. The van der Waals surface area contributed by atoms with Gasteiger partial charge in [-0.05, 0) is 19.1 Å². The topological polar surface area (TPSA) is 90.3 Å². The fraction of sp³-hybridized carbons (Fsp3) is 0.400. The molecule has 0 unspecified atom stereocenters. The second-order valence-corrected chi connectivity index (χ2v) is 4.92. The van der Waals surface area contributed by atoms with E-state index in [0.717, 1.165) is 0 Å². The Morgan fingerprint density at radius 2 is 2.09 bits per heavy atom. The summed E-state index contributed by atoms with van der Waals surface area (Å²) in [5.74, 6) is 1.99. The first-order valence-electron chi connectivity index (χ1n) is 7.26. The number of hydrogen-bond donors (Lipinski definition) is 2. The van der Waals surface area contributed by atoms with Crippen LogP contribution >= 0.6 is 0 Å². The largest absolute Gasteiger partial charge is 0.493 e. The van der Waals surface area contributed by atoms with Gasteiger partial charge in [-0.2, -0.15) is 0 Å². The highest BCUT2D eigenvalue weighted by molar-refractivity contribution is 5.74. The van der Waals surface area contributed by atoms with Crippen LogP contribution in [0.1, 0.15) is 18.8 Å². The summed E-state index contributed by atoms with van der Waals surface area (Å²) in [7, 11) is 3.41. The van der Waals surface area contributed by atoms with E-state index in [-0.39, 0.29) is 12.1 Å². The molecule has 2 aromatic rings. The fourth-order valence-corrected chi connectivity index (χ4v) is 2.06. The lowest BCUT2D eigenvalue weighted by Gasteiger charge is -2.14. The monoisotopic (exact) mass is 319 g/mol. The third kappa shape index (κ3) is 4.60. The number of carbonyl (C=O) groups excluding carboxylic acids is 1. The molecule has 0 spiro atoms. The molecular formula is C15H21N5O3. The Hall–Kier alpha value is -2.77. The van der Waals surface area contributed by atoms with Crippen molar-refractivity contribution < 1.29 is 14.3 Å². The Labute approximate surface area is 134 Å². The van der Waals surface area contributed by atoms with Gasteiger partial charge in [0.15, 0.2) is 17.3 Å². The molecule has 0 saturated heterocycles. The van der Waals surface area contributed by atoms with Gasteiger partial charge in [0.2, 0.25) is 0 Å². The van der Waals surface area contributed by atoms with Gasteiger partial charge in [0.25, 0.3) is 0 Å². The van der Waals surface area contributed by atoms with Crippen LogP contribution in [-0.2, 0) is 7.05 Å². The van der Waals surface area contributed by atoms with Crippen LogP contribution < -0.4 is 20.1 Å². The van der Waals surface area contributed by atoms with Crippen molar-refractivity contribution in [3.63, 3.8) is 0 Å². The number of nitrogens with one attached hydrogen (secondary N) is 2. The number of hydrogen-bond acceptors (Lipinski definition) is 5. The second-order valence-electron chi connectivity index (χ2n) is 4.92. The molecule has 1 aromatic heterocycles. The van der Waals surface area contributed by atoms with Crippen LogP contribution in [0.3, 0.4) is 0 Å². The molecule has 0 saturated carbocycles. The Balaban J connectivity index is 1.72. The van der Waals surface area contributed by atoms with E-state index >= 15 is 0 Å². The lowest BCUT2D eigenvalue weighted by atomic mass is 10.3. The Bertz CT molecular complexity index is 644. The molecule has 0 radical (unpaired) electrons. The van der Waals surface area contributed by atoms with Crippen molar-refractivity contribution in [3.8, 4) is 11.5 Å². The number of ether oxygens (including phenoxy) is 2. The van der Waals surface area contributed by atoms with Crippen molar-refractivity contribution >= 4 is 6.03 Å². The summed E-state index contributed by atoms with van der Waals surface area (Å²) in [5, 5.41) is 13.3. The van der Waals surface area contributed by atoms with Gasteiger partial charge in [0, 0.05) is 7.05 Å². The first kappa shape index (κ1) is 16.6. The van der Waals surface area contributed by atoms with Gasteiger partial charge in [0.05, 0.1) is 19.7 Å². The Morgan fingerprint density at radius 3 is 2.74 bits per heavy atom. The van der Waals surface area contributed by atoms with Crippen LogP contribution in [0.4, 0.5) is 4.79 Å². The van der Waals surface area contributed by atoms with Gasteiger partial charge >= 0.3 is 6.03 Å². The number of benzene rings is 1. The lowest BCUT2D eigenvalue weighted by Crippen LogP contribution is -2.39. The molecular weight excluding hydrogens is 298 g/mol. The second kappa shape index (κ2) is 8.02. The molecule has 2 amide bonds. The molecule has 0 bridgehead atoms. The fourth-order valence-electron chi connectivity index (χ4n) is 2.06. The number of amides is 2. The first-order valence-corrected chi connectivity index (χ1v) is 7.26. The van der Waals surface area contributed by atoms with Crippen LogP contribution in [0.15, 0.2) is 30.6 Å². The first-order chi connectivity index (χ1) is 11.1. The molecule has 0 aliphatic heterocycles. The SMILES string of the molecule is COc1ccccc1OCCNC(=O)N[C@H](C)c1nncn1C. The molecule has 8 nitrogen and oxygen atoms in total. The molecule has 8 heteroatoms. The minimum absolute atomic E-state index is 0.238. The number of aryl methyl sites for hydroxylation is 1. The van der Waals surface area contributed by atoms with Crippen molar-refractivity contribution in [1.82, 2.24) is 25.4 Å². The maximum absolute atomic E-state index is 11.8. The maximum atomic E-state index is 11.8. The van der Waals surface area contributed by atoms with Crippen LogP contribution in [0.2, 0.25) is 0 Å². The zero-order valence-electron chi connectivity index (χ0n) is 13.4. The molecule has 1 heterocycles. The molecule has 0 aliphatic rings. The zero-order valence-corrected chi connectivity index (χ0v) is 13.4. The smallest absolute Gasteiger partial charge is 0.315 e. The summed E-state index contributed by atoms with van der Waals surface area (Å²) in [6.07, 6.45) is 1.59. The average molecular weight is 319 g/mol. The zero-order chi connectivity index (χ0) is 16.7. The summed E-state index contributed by atoms with van der Waals surface area (Å²) >= 11 is 0. The summed E-state index contributed by atoms with van der Waals surface area (Å²) in [4.78, 5) is 11.8. The molecule has 0 aliphatic carbocycles. The van der Waals surface area contributed by atoms with Crippen molar-refractivity contribution in [3.05, 3.63) is 36.4 Å². The van der Waals surface area contributed by atoms with Gasteiger partial charge in [-0.25, -0.2) is 4.79 Å². The third-order valence-corrected chi connectivity index (χ3v) is 3.20. The highest BCUT2D eigenvalue weighted by Gasteiger charge is 2.13. The normalized spacial score (nSPS) is 11.6. The quantitative estimate of drug-likeness (QED) is 0.750. The summed E-state index contributed by atoms with van der Waals surface area (Å²) in [6.45, 7) is 2.55. The van der Waals surface area contributed by atoms with E-state index in [9.17, 15) is 4.79 Å². The van der Waals surface area contributed by atoms with Crippen LogP contribution in [0.5, 0.6) is 11.5 Å². The number of nitrogens with zero attached hydrogens (tertiary/aromatic N) is 3. The minimum atomic E-state index is -0.288. The average Bonchev–Trinajstić information content (AvgIpc) is 2.98. The predicted molar refractivity (Wildman–Crippen MR) is 84.4 cm³/mol. The highest BCUT2D eigenvalue weighted by Crippen LogP contribution is 2.25. The van der Waals surface area contributed by atoms with E-state index in [1.165, 1.54) is 0 Å². The summed E-state index contributed by atoms with van der Waals surface area (Å²) in [6, 6.07) is 6.83. The van der Waals surface area contributed by atoms with E-state index in [0.29, 0.717) is 30.5 Å². The number of carbonyl (C=O) groups is 1. The van der Waals surface area contributed by atoms with Crippen LogP contribution in [0, 0.1) is 0 Å². The van der Waals surface area contributed by atoms with E-state index < -0.39 is 0 Å². The van der Waals surface area contributed by atoms with Crippen molar-refractivity contribution in [2.75, 3.05) is 20.3 Å². The highest BCUT2D eigenvalue weighted by atomic mass is 16.5. The summed E-state index contributed by atoms with van der Waals surface area (Å²) in [5.41, 5.74) is 0. The number of aromatic nitrogens is 3. The predicted octanol–water partition coefficient (Wildman–Crippen LogP) is 1.26. The van der Waals surface area contributed by atoms with Gasteiger partial charge in [-0.3, -0.25) is 0 Å². The van der Waals surface area contributed by atoms with E-state index in [1.807, 2.05) is 38.2 Å². The Kier molecular flexibility index (Phi) is 5.79. The van der Waals surface area contributed by atoms with Gasteiger partial charge in [-0.1, -0.05) is 12.1 Å². The molecule has 124 valence electrons. The van der Waals surface area contributed by atoms with Gasteiger partial charge in [-0.15, -0.1) is 10.2 Å². The number of urea groups is 1. The third-order valence-electron chi connectivity index (χ3n) is 3.20.